The van der Waals surface area contributed by atoms with Crippen molar-refractivity contribution in [2.75, 3.05) is 13.6 Å². The van der Waals surface area contributed by atoms with E-state index in [2.05, 4.69) is 24.2 Å². The summed E-state index contributed by atoms with van der Waals surface area (Å²) in [6, 6.07) is 2.31. The number of nitrogens with zero attached hydrogens (tertiary/aromatic N) is 1. The van der Waals surface area contributed by atoms with Crippen LogP contribution < -0.4 is 5.32 Å². The molecule has 3 aliphatic rings. The molecule has 2 nitrogen and oxygen atoms in total. The molecule has 3 fully saturated rings. The van der Waals surface area contributed by atoms with Crippen LogP contribution in [-0.2, 0) is 0 Å². The number of hydrogen-bond donors (Lipinski definition) is 1. The summed E-state index contributed by atoms with van der Waals surface area (Å²) in [5, 5.41) is 3.60. The molecule has 2 heteroatoms. The molecule has 0 radical (unpaired) electrons. The Morgan fingerprint density at radius 3 is 2.60 bits per heavy atom. The fourth-order valence-corrected chi connectivity index (χ4v) is 2.42. The summed E-state index contributed by atoms with van der Waals surface area (Å²) >= 11 is 0. The van der Waals surface area contributed by atoms with Gasteiger partial charge in [0.2, 0.25) is 0 Å². The molecule has 0 aromatic rings. The minimum Gasteiger partial charge on any atom is -0.309 e. The number of nitrogens with one attached hydrogen (secondary N) is 1. The van der Waals surface area contributed by atoms with Crippen LogP contribution in [0, 0.1) is 0 Å². The molecule has 0 aromatic carbocycles. The Hall–Kier alpha value is -0.0800. The predicted molar refractivity (Wildman–Crippen MR) is 42.0 cm³/mol. The third-order valence-electron chi connectivity index (χ3n) is 2.96. The lowest BCUT2D eigenvalue weighted by atomic mass is 9.88. The van der Waals surface area contributed by atoms with Crippen LogP contribution in [0.3, 0.4) is 0 Å². The summed E-state index contributed by atoms with van der Waals surface area (Å²) in [4.78, 5) is 2.50. The second-order valence-electron chi connectivity index (χ2n) is 3.74. The van der Waals surface area contributed by atoms with Crippen LogP contribution >= 0.6 is 0 Å². The number of fused-ring (bicyclic) bond motifs is 3. The monoisotopic (exact) mass is 140 g/mol. The molecule has 58 valence electrons. The molecular weight excluding hydrogens is 124 g/mol. The van der Waals surface area contributed by atoms with Crippen molar-refractivity contribution in [3.05, 3.63) is 0 Å². The van der Waals surface area contributed by atoms with Crippen molar-refractivity contribution in [2.45, 2.75) is 37.9 Å². The molecule has 0 spiro atoms. The van der Waals surface area contributed by atoms with Gasteiger partial charge in [0.15, 0.2) is 0 Å². The predicted octanol–water partition coefficient (Wildman–Crippen LogP) is 0.441. The molecule has 3 aliphatic heterocycles. The Labute approximate surface area is 62.6 Å². The zero-order valence-corrected chi connectivity index (χ0v) is 6.80. The lowest BCUT2D eigenvalue weighted by Gasteiger charge is -2.48. The van der Waals surface area contributed by atoms with Gasteiger partial charge in [-0.2, -0.15) is 0 Å². The van der Waals surface area contributed by atoms with Crippen LogP contribution in [0.25, 0.3) is 0 Å². The van der Waals surface area contributed by atoms with Crippen molar-refractivity contribution in [1.82, 2.24) is 10.2 Å². The highest BCUT2D eigenvalue weighted by atomic mass is 15.2. The van der Waals surface area contributed by atoms with Crippen molar-refractivity contribution >= 4 is 0 Å². The number of hydrogen-bond acceptors (Lipinski definition) is 2. The number of piperazine rings is 1. The van der Waals surface area contributed by atoms with E-state index in [0.717, 1.165) is 18.1 Å². The van der Waals surface area contributed by atoms with E-state index in [1.807, 2.05) is 0 Å². The zero-order chi connectivity index (χ0) is 7.14. The van der Waals surface area contributed by atoms with Gasteiger partial charge in [-0.1, -0.05) is 0 Å². The normalized spacial score (nSPS) is 48.0. The van der Waals surface area contributed by atoms with Gasteiger partial charge in [-0.25, -0.2) is 0 Å². The number of likely N-dealkylation sites (N-methyl/N-ethyl adjacent to an activating group) is 1. The molecule has 10 heavy (non-hydrogen) atoms. The fraction of sp³-hybridized carbons (Fsp3) is 1.00. The molecule has 3 rings (SSSR count). The molecule has 0 aliphatic carbocycles. The summed E-state index contributed by atoms with van der Waals surface area (Å²) < 4.78 is 0. The topological polar surface area (TPSA) is 15.3 Å². The minimum atomic E-state index is 0.720. The van der Waals surface area contributed by atoms with Crippen LogP contribution in [-0.4, -0.2) is 36.6 Å². The Kier molecular flexibility index (Phi) is 1.46. The molecule has 2 bridgehead atoms. The van der Waals surface area contributed by atoms with E-state index in [9.17, 15) is 0 Å². The molecule has 0 amide bonds. The van der Waals surface area contributed by atoms with Crippen LogP contribution in [0.1, 0.15) is 19.8 Å². The van der Waals surface area contributed by atoms with Gasteiger partial charge in [0.25, 0.3) is 0 Å². The maximum absolute atomic E-state index is 3.60. The lowest BCUT2D eigenvalue weighted by molar-refractivity contribution is 0.0655. The highest BCUT2D eigenvalue weighted by Gasteiger charge is 2.35. The van der Waals surface area contributed by atoms with E-state index in [1.54, 1.807) is 0 Å². The van der Waals surface area contributed by atoms with E-state index in [0.29, 0.717) is 0 Å². The average molecular weight is 140 g/mol. The van der Waals surface area contributed by atoms with Crippen LogP contribution in [0.2, 0.25) is 0 Å². The molecular formula is C8H16N2. The van der Waals surface area contributed by atoms with E-state index in [-0.39, 0.29) is 0 Å². The Morgan fingerprint density at radius 2 is 2.20 bits per heavy atom. The van der Waals surface area contributed by atoms with Crippen molar-refractivity contribution < 1.29 is 0 Å². The molecule has 1 N–H and O–H groups in total. The molecule has 3 atom stereocenters. The highest BCUT2D eigenvalue weighted by Crippen LogP contribution is 2.24. The zero-order valence-electron chi connectivity index (χ0n) is 6.80. The number of piperidine rings is 2. The van der Waals surface area contributed by atoms with E-state index in [1.165, 1.54) is 19.4 Å². The second kappa shape index (κ2) is 2.21. The molecule has 3 heterocycles. The quantitative estimate of drug-likeness (QED) is 0.525. The first-order chi connectivity index (χ1) is 4.77. The van der Waals surface area contributed by atoms with Gasteiger partial charge < -0.3 is 10.2 Å². The van der Waals surface area contributed by atoms with Gasteiger partial charge in [0, 0.05) is 24.7 Å². The molecule has 3 saturated heterocycles. The maximum atomic E-state index is 3.60. The first kappa shape index (κ1) is 6.62. The molecule has 0 saturated carbocycles. The SMILES string of the molecule is CC1NC2CCC1N(C)C2. The molecule has 3 unspecified atom stereocenters. The van der Waals surface area contributed by atoms with Crippen molar-refractivity contribution in [3.63, 3.8) is 0 Å². The Morgan fingerprint density at radius 1 is 1.40 bits per heavy atom. The lowest BCUT2D eigenvalue weighted by Crippen LogP contribution is -2.64. The van der Waals surface area contributed by atoms with Gasteiger partial charge in [-0.3, -0.25) is 0 Å². The van der Waals surface area contributed by atoms with Gasteiger partial charge in [0.1, 0.15) is 0 Å². The third kappa shape index (κ3) is 0.867. The van der Waals surface area contributed by atoms with Gasteiger partial charge in [0.05, 0.1) is 0 Å². The first-order valence-corrected chi connectivity index (χ1v) is 4.23. The van der Waals surface area contributed by atoms with Crippen molar-refractivity contribution in [3.8, 4) is 0 Å². The van der Waals surface area contributed by atoms with Gasteiger partial charge >= 0.3 is 0 Å². The number of rotatable bonds is 0. The van der Waals surface area contributed by atoms with Gasteiger partial charge in [-0.15, -0.1) is 0 Å². The average Bonchev–Trinajstić information content (AvgIpc) is 1.86. The van der Waals surface area contributed by atoms with Crippen LogP contribution in [0.15, 0.2) is 0 Å². The fourth-order valence-electron chi connectivity index (χ4n) is 2.42. The molecule has 0 aromatic heterocycles. The first-order valence-electron chi connectivity index (χ1n) is 4.23. The summed E-state index contributed by atoms with van der Waals surface area (Å²) in [5.41, 5.74) is 0. The third-order valence-corrected chi connectivity index (χ3v) is 2.96. The van der Waals surface area contributed by atoms with E-state index >= 15 is 0 Å². The maximum Gasteiger partial charge on any atom is 0.0244 e. The second-order valence-corrected chi connectivity index (χ2v) is 3.74. The standard InChI is InChI=1S/C8H16N2/c1-6-8-4-3-7(9-6)5-10(8)2/h6-9H,3-5H2,1-2H3. The minimum absolute atomic E-state index is 0.720. The highest BCUT2D eigenvalue weighted by molar-refractivity contribution is 4.96. The van der Waals surface area contributed by atoms with E-state index in [4.69, 9.17) is 0 Å². The smallest absolute Gasteiger partial charge is 0.0244 e. The largest absolute Gasteiger partial charge is 0.309 e. The Balaban J connectivity index is 2.11. The van der Waals surface area contributed by atoms with E-state index < -0.39 is 0 Å². The van der Waals surface area contributed by atoms with Crippen LogP contribution in [0.5, 0.6) is 0 Å². The summed E-state index contributed by atoms with van der Waals surface area (Å²) in [6.45, 7) is 3.56. The Bertz CT molecular complexity index is 123. The summed E-state index contributed by atoms with van der Waals surface area (Å²) in [5.74, 6) is 0. The summed E-state index contributed by atoms with van der Waals surface area (Å²) in [7, 11) is 2.24. The summed E-state index contributed by atoms with van der Waals surface area (Å²) in [6.07, 6.45) is 2.79. The van der Waals surface area contributed by atoms with Crippen molar-refractivity contribution in [2.24, 2.45) is 0 Å². The van der Waals surface area contributed by atoms with Crippen molar-refractivity contribution in [1.29, 1.82) is 0 Å². The van der Waals surface area contributed by atoms with Crippen LogP contribution in [0.4, 0.5) is 0 Å². The van der Waals surface area contributed by atoms with Gasteiger partial charge in [-0.05, 0) is 26.8 Å².